The molecule has 4 nitrogen and oxygen atoms in total. The molecule has 1 aliphatic rings. The zero-order chi connectivity index (χ0) is 18.4. The lowest BCUT2D eigenvalue weighted by Gasteiger charge is -2.33. The van der Waals surface area contributed by atoms with Crippen molar-refractivity contribution in [3.63, 3.8) is 0 Å². The summed E-state index contributed by atoms with van der Waals surface area (Å²) < 4.78 is 40.8. The van der Waals surface area contributed by atoms with E-state index < -0.39 is 12.1 Å². The standard InChI is InChI=1S/C17H22F3N3OS/c1-10(2)8-23-16-13(11(3)21-23)7-14(25-16)15(24)22-6-4-5-12(9-22)17(18,19)20/h7,10,12H,4-6,8-9H2,1-3H3. The monoisotopic (exact) mass is 373 g/mol. The second-order valence-corrected chi connectivity index (χ2v) is 8.15. The number of carbonyl (C=O) groups is 1. The summed E-state index contributed by atoms with van der Waals surface area (Å²) in [6, 6.07) is 1.78. The van der Waals surface area contributed by atoms with Gasteiger partial charge in [-0.2, -0.15) is 18.3 Å². The summed E-state index contributed by atoms with van der Waals surface area (Å²) in [5.74, 6) is -1.30. The summed E-state index contributed by atoms with van der Waals surface area (Å²) in [6.45, 7) is 6.96. The third-order valence-electron chi connectivity index (χ3n) is 4.53. The second-order valence-electron chi connectivity index (χ2n) is 7.12. The van der Waals surface area contributed by atoms with Crippen molar-refractivity contribution in [2.45, 2.75) is 46.3 Å². The minimum Gasteiger partial charge on any atom is -0.337 e. The van der Waals surface area contributed by atoms with Crippen molar-refractivity contribution in [3.05, 3.63) is 16.6 Å². The third-order valence-corrected chi connectivity index (χ3v) is 5.66. The van der Waals surface area contributed by atoms with Gasteiger partial charge in [-0.05, 0) is 31.7 Å². The van der Waals surface area contributed by atoms with Crippen LogP contribution in [0.2, 0.25) is 0 Å². The average molecular weight is 373 g/mol. The quantitative estimate of drug-likeness (QED) is 0.796. The molecule has 0 N–H and O–H groups in total. The minimum atomic E-state index is -4.24. The number of halogens is 3. The highest BCUT2D eigenvalue weighted by atomic mass is 32.1. The highest BCUT2D eigenvalue weighted by Gasteiger charge is 2.43. The predicted octanol–water partition coefficient (Wildman–Crippen LogP) is 4.48. The lowest BCUT2D eigenvalue weighted by Crippen LogP contribution is -2.44. The van der Waals surface area contributed by atoms with Crippen molar-refractivity contribution in [1.29, 1.82) is 0 Å². The van der Waals surface area contributed by atoms with Crippen LogP contribution in [0.25, 0.3) is 10.2 Å². The first kappa shape index (κ1) is 18.2. The summed E-state index contributed by atoms with van der Waals surface area (Å²) in [5.41, 5.74) is 0.845. The fraction of sp³-hybridized carbons (Fsp3) is 0.647. The average Bonchev–Trinajstić information content (AvgIpc) is 3.07. The Bertz CT molecular complexity index is 778. The van der Waals surface area contributed by atoms with Gasteiger partial charge in [0, 0.05) is 25.0 Å². The van der Waals surface area contributed by atoms with Gasteiger partial charge in [0.1, 0.15) is 4.83 Å². The summed E-state index contributed by atoms with van der Waals surface area (Å²) >= 11 is 1.33. The molecule has 2 aromatic heterocycles. The zero-order valence-electron chi connectivity index (χ0n) is 14.6. The number of nitrogens with zero attached hydrogens (tertiary/aromatic N) is 3. The van der Waals surface area contributed by atoms with Crippen LogP contribution in [-0.4, -0.2) is 39.9 Å². The van der Waals surface area contributed by atoms with Gasteiger partial charge in [-0.1, -0.05) is 13.8 Å². The van der Waals surface area contributed by atoms with Gasteiger partial charge >= 0.3 is 6.18 Å². The number of hydrogen-bond acceptors (Lipinski definition) is 3. The molecule has 25 heavy (non-hydrogen) atoms. The number of fused-ring (bicyclic) bond motifs is 1. The summed E-state index contributed by atoms with van der Waals surface area (Å²) in [4.78, 5) is 15.5. The van der Waals surface area contributed by atoms with Gasteiger partial charge in [0.15, 0.2) is 0 Å². The molecule has 8 heteroatoms. The van der Waals surface area contributed by atoms with E-state index in [-0.39, 0.29) is 18.9 Å². The molecular formula is C17H22F3N3OS. The van der Waals surface area contributed by atoms with E-state index >= 15 is 0 Å². The summed E-state index contributed by atoms with van der Waals surface area (Å²) in [7, 11) is 0. The van der Waals surface area contributed by atoms with Crippen LogP contribution in [0.3, 0.4) is 0 Å². The first-order valence-electron chi connectivity index (χ1n) is 8.49. The number of amides is 1. The van der Waals surface area contributed by atoms with E-state index in [1.807, 2.05) is 11.6 Å². The van der Waals surface area contributed by atoms with Crippen LogP contribution in [0.15, 0.2) is 6.07 Å². The number of aryl methyl sites for hydroxylation is 1. The van der Waals surface area contributed by atoms with Crippen molar-refractivity contribution >= 4 is 27.5 Å². The number of alkyl halides is 3. The molecule has 0 spiro atoms. The highest BCUT2D eigenvalue weighted by Crippen LogP contribution is 2.35. The third kappa shape index (κ3) is 3.68. The molecule has 1 fully saturated rings. The SMILES string of the molecule is Cc1nn(CC(C)C)c2sc(C(=O)N3CCCC(C(F)(F)F)C3)cc12. The minimum absolute atomic E-state index is 0.0994. The predicted molar refractivity (Wildman–Crippen MR) is 91.9 cm³/mol. The maximum atomic E-state index is 13.0. The Labute approximate surface area is 148 Å². The first-order valence-corrected chi connectivity index (χ1v) is 9.31. The Morgan fingerprint density at radius 1 is 1.44 bits per heavy atom. The van der Waals surface area contributed by atoms with E-state index in [4.69, 9.17) is 0 Å². The van der Waals surface area contributed by atoms with Crippen LogP contribution in [0, 0.1) is 18.8 Å². The number of piperidine rings is 1. The van der Waals surface area contributed by atoms with Crippen molar-refractivity contribution < 1.29 is 18.0 Å². The number of aromatic nitrogens is 2. The molecule has 0 aliphatic carbocycles. The molecule has 1 amide bonds. The van der Waals surface area contributed by atoms with Crippen molar-refractivity contribution in [2.24, 2.45) is 11.8 Å². The molecule has 3 rings (SSSR count). The van der Waals surface area contributed by atoms with Gasteiger partial charge < -0.3 is 4.90 Å². The number of likely N-dealkylation sites (tertiary alicyclic amines) is 1. The van der Waals surface area contributed by atoms with E-state index in [2.05, 4.69) is 18.9 Å². The van der Waals surface area contributed by atoms with Gasteiger partial charge in [0.25, 0.3) is 5.91 Å². The van der Waals surface area contributed by atoms with Crippen LogP contribution in [-0.2, 0) is 6.54 Å². The highest BCUT2D eigenvalue weighted by molar-refractivity contribution is 7.20. The molecule has 138 valence electrons. The van der Waals surface area contributed by atoms with Gasteiger partial charge in [-0.15, -0.1) is 11.3 Å². The maximum absolute atomic E-state index is 13.0. The smallest absolute Gasteiger partial charge is 0.337 e. The topological polar surface area (TPSA) is 38.1 Å². The lowest BCUT2D eigenvalue weighted by molar-refractivity contribution is -0.184. The van der Waals surface area contributed by atoms with Crippen molar-refractivity contribution in [2.75, 3.05) is 13.1 Å². The molecule has 3 heterocycles. The molecule has 1 aliphatic heterocycles. The molecule has 0 radical (unpaired) electrons. The van der Waals surface area contributed by atoms with Crippen LogP contribution in [0.5, 0.6) is 0 Å². The van der Waals surface area contributed by atoms with E-state index in [0.717, 1.165) is 22.5 Å². The molecule has 1 atom stereocenters. The Morgan fingerprint density at radius 3 is 2.80 bits per heavy atom. The van der Waals surface area contributed by atoms with Gasteiger partial charge in [0.05, 0.1) is 16.5 Å². The fourth-order valence-corrected chi connectivity index (χ4v) is 4.41. The molecule has 0 bridgehead atoms. The maximum Gasteiger partial charge on any atom is 0.393 e. The van der Waals surface area contributed by atoms with E-state index in [1.165, 1.54) is 16.2 Å². The van der Waals surface area contributed by atoms with Gasteiger partial charge in [-0.25, -0.2) is 0 Å². The molecule has 2 aromatic rings. The Kier molecular flexibility index (Phi) is 4.83. The Morgan fingerprint density at radius 2 is 2.16 bits per heavy atom. The largest absolute Gasteiger partial charge is 0.393 e. The van der Waals surface area contributed by atoms with Crippen LogP contribution >= 0.6 is 11.3 Å². The number of carbonyl (C=O) groups excluding carboxylic acids is 1. The molecule has 0 saturated carbocycles. The second kappa shape index (κ2) is 6.63. The van der Waals surface area contributed by atoms with E-state index in [0.29, 0.717) is 23.8 Å². The van der Waals surface area contributed by atoms with Crippen LogP contribution in [0.4, 0.5) is 13.2 Å². The number of hydrogen-bond donors (Lipinski definition) is 0. The Hall–Kier alpha value is -1.57. The molecule has 1 unspecified atom stereocenters. The van der Waals surface area contributed by atoms with Gasteiger partial charge in [0.2, 0.25) is 0 Å². The first-order chi connectivity index (χ1) is 11.7. The molecule has 1 saturated heterocycles. The van der Waals surface area contributed by atoms with E-state index in [1.54, 1.807) is 6.07 Å². The summed E-state index contributed by atoms with van der Waals surface area (Å²) in [6.07, 6.45) is -3.75. The molecule has 0 aromatic carbocycles. The van der Waals surface area contributed by atoms with Crippen LogP contribution < -0.4 is 0 Å². The number of thiophene rings is 1. The summed E-state index contributed by atoms with van der Waals surface area (Å²) in [5, 5.41) is 5.42. The normalized spacial score (nSPS) is 19.2. The number of rotatable bonds is 3. The lowest BCUT2D eigenvalue weighted by atomic mass is 9.97. The van der Waals surface area contributed by atoms with Gasteiger partial charge in [-0.3, -0.25) is 9.48 Å². The van der Waals surface area contributed by atoms with E-state index in [9.17, 15) is 18.0 Å². The van der Waals surface area contributed by atoms with Crippen LogP contribution in [0.1, 0.15) is 42.1 Å². The van der Waals surface area contributed by atoms with Crippen molar-refractivity contribution in [1.82, 2.24) is 14.7 Å². The Balaban J connectivity index is 1.85. The molecular weight excluding hydrogens is 351 g/mol. The van der Waals surface area contributed by atoms with Crippen molar-refractivity contribution in [3.8, 4) is 0 Å². The fourth-order valence-electron chi connectivity index (χ4n) is 3.27. The zero-order valence-corrected chi connectivity index (χ0v) is 15.4.